The summed E-state index contributed by atoms with van der Waals surface area (Å²) in [5.74, 6) is -0.347. The summed E-state index contributed by atoms with van der Waals surface area (Å²) < 4.78 is 4.27. The standard InChI is InChI=1S/C5H8O2.CH4S/c1-4(2)5(6)7-3;1-2/h1H2,2-3H3;2H,1H3. The number of hydrogen-bond donors (Lipinski definition) is 1. The number of rotatable bonds is 1. The lowest BCUT2D eigenvalue weighted by Gasteiger charge is -1.91. The monoisotopic (exact) mass is 148 g/mol. The van der Waals surface area contributed by atoms with Gasteiger partial charge in [0.25, 0.3) is 0 Å². The van der Waals surface area contributed by atoms with Crippen LogP contribution in [0.2, 0.25) is 0 Å². The second-order valence-corrected chi connectivity index (χ2v) is 1.27. The van der Waals surface area contributed by atoms with Crippen molar-refractivity contribution in [2.75, 3.05) is 13.4 Å². The van der Waals surface area contributed by atoms with E-state index in [-0.39, 0.29) is 5.97 Å². The van der Waals surface area contributed by atoms with Crippen molar-refractivity contribution < 1.29 is 9.53 Å². The highest BCUT2D eigenvalue weighted by Crippen LogP contribution is 1.87. The molecule has 9 heavy (non-hydrogen) atoms. The molecule has 2 nitrogen and oxygen atoms in total. The second kappa shape index (κ2) is 7.56. The van der Waals surface area contributed by atoms with E-state index in [0.717, 1.165) is 0 Å². The molecule has 0 saturated carbocycles. The van der Waals surface area contributed by atoms with E-state index in [4.69, 9.17) is 0 Å². The zero-order valence-electron chi connectivity index (χ0n) is 5.97. The first kappa shape index (κ1) is 11.4. The van der Waals surface area contributed by atoms with Crippen LogP contribution in [-0.2, 0) is 9.53 Å². The Bertz CT molecular complexity index is 99.2. The van der Waals surface area contributed by atoms with E-state index in [0.29, 0.717) is 5.57 Å². The molecule has 0 radical (unpaired) electrons. The number of esters is 1. The summed E-state index contributed by atoms with van der Waals surface area (Å²) >= 11 is 3.53. The van der Waals surface area contributed by atoms with Gasteiger partial charge in [-0.2, -0.15) is 12.6 Å². The maximum atomic E-state index is 10.2. The Morgan fingerprint density at radius 1 is 1.56 bits per heavy atom. The molecule has 0 unspecified atom stereocenters. The van der Waals surface area contributed by atoms with Crippen molar-refractivity contribution in [3.05, 3.63) is 12.2 Å². The van der Waals surface area contributed by atoms with Crippen LogP contribution in [-0.4, -0.2) is 19.3 Å². The van der Waals surface area contributed by atoms with E-state index >= 15 is 0 Å². The minimum absolute atomic E-state index is 0.347. The summed E-state index contributed by atoms with van der Waals surface area (Å²) in [4.78, 5) is 10.2. The third-order valence-electron chi connectivity index (χ3n) is 0.534. The minimum atomic E-state index is -0.347. The van der Waals surface area contributed by atoms with Crippen molar-refractivity contribution >= 4 is 18.6 Å². The van der Waals surface area contributed by atoms with Crippen molar-refractivity contribution in [1.29, 1.82) is 0 Å². The summed E-state index contributed by atoms with van der Waals surface area (Å²) in [7, 11) is 1.33. The van der Waals surface area contributed by atoms with Gasteiger partial charge in [0.1, 0.15) is 0 Å². The van der Waals surface area contributed by atoms with Crippen LogP contribution in [0.25, 0.3) is 0 Å². The van der Waals surface area contributed by atoms with Gasteiger partial charge < -0.3 is 4.74 Å². The zero-order valence-corrected chi connectivity index (χ0v) is 6.87. The fourth-order valence-electron chi connectivity index (χ4n) is 0.174. The Kier molecular flexibility index (Phi) is 9.55. The highest BCUT2D eigenvalue weighted by atomic mass is 32.1. The summed E-state index contributed by atoms with van der Waals surface area (Å²) in [5, 5.41) is 0. The molecule has 0 bridgehead atoms. The first-order valence-electron chi connectivity index (χ1n) is 2.37. The average molecular weight is 148 g/mol. The molecule has 0 aliphatic carbocycles. The van der Waals surface area contributed by atoms with Crippen molar-refractivity contribution in [2.45, 2.75) is 6.92 Å². The van der Waals surface area contributed by atoms with Gasteiger partial charge in [0.05, 0.1) is 7.11 Å². The van der Waals surface area contributed by atoms with Crippen LogP contribution < -0.4 is 0 Å². The van der Waals surface area contributed by atoms with Crippen molar-refractivity contribution in [3.63, 3.8) is 0 Å². The van der Waals surface area contributed by atoms with Crippen LogP contribution in [0.4, 0.5) is 0 Å². The first-order valence-corrected chi connectivity index (χ1v) is 3.26. The van der Waals surface area contributed by atoms with Gasteiger partial charge in [-0.15, -0.1) is 0 Å². The van der Waals surface area contributed by atoms with Gasteiger partial charge in [0, 0.05) is 5.57 Å². The van der Waals surface area contributed by atoms with E-state index in [1.165, 1.54) is 7.11 Å². The van der Waals surface area contributed by atoms with E-state index in [1.54, 1.807) is 13.2 Å². The number of thiol groups is 1. The normalized spacial score (nSPS) is 6.67. The molecule has 0 N–H and O–H groups in total. The maximum Gasteiger partial charge on any atom is 0.332 e. The first-order chi connectivity index (χ1) is 4.18. The Hall–Kier alpha value is -0.440. The maximum absolute atomic E-state index is 10.2. The molecule has 0 heterocycles. The second-order valence-electron chi connectivity index (χ2n) is 1.27. The molecule has 0 atom stereocenters. The lowest BCUT2D eigenvalue weighted by molar-refractivity contribution is -0.136. The summed E-state index contributed by atoms with van der Waals surface area (Å²) in [6.45, 7) is 4.95. The lowest BCUT2D eigenvalue weighted by atomic mass is 10.4. The average Bonchev–Trinajstić information content (AvgIpc) is 1.91. The predicted molar refractivity (Wildman–Crippen MR) is 41.7 cm³/mol. The highest BCUT2D eigenvalue weighted by molar-refractivity contribution is 7.79. The van der Waals surface area contributed by atoms with Crippen LogP contribution in [0.1, 0.15) is 6.92 Å². The predicted octanol–water partition coefficient (Wildman–Crippen LogP) is 1.28. The molecular weight excluding hydrogens is 136 g/mol. The molecule has 3 heteroatoms. The summed E-state index contributed by atoms with van der Waals surface area (Å²) in [6, 6.07) is 0. The molecule has 0 aromatic rings. The topological polar surface area (TPSA) is 26.3 Å². The SMILES string of the molecule is C=C(C)C(=O)OC.CS. The number of ether oxygens (including phenoxy) is 1. The van der Waals surface area contributed by atoms with Crippen LogP contribution in [0.5, 0.6) is 0 Å². The van der Waals surface area contributed by atoms with E-state index in [2.05, 4.69) is 23.9 Å². The fourth-order valence-corrected chi connectivity index (χ4v) is 0.174. The summed E-state index contributed by atoms with van der Waals surface area (Å²) in [6.07, 6.45) is 1.69. The van der Waals surface area contributed by atoms with Crippen LogP contribution in [0, 0.1) is 0 Å². The number of carbonyl (C=O) groups is 1. The third kappa shape index (κ3) is 7.56. The van der Waals surface area contributed by atoms with Gasteiger partial charge in [-0.3, -0.25) is 0 Å². The van der Waals surface area contributed by atoms with E-state index < -0.39 is 0 Å². The third-order valence-corrected chi connectivity index (χ3v) is 0.534. The molecule has 0 fully saturated rings. The van der Waals surface area contributed by atoms with Crippen molar-refractivity contribution in [1.82, 2.24) is 0 Å². The Labute approximate surface area is 61.3 Å². The van der Waals surface area contributed by atoms with Gasteiger partial charge in [-0.25, -0.2) is 4.79 Å². The van der Waals surface area contributed by atoms with Crippen LogP contribution in [0.3, 0.4) is 0 Å². The fraction of sp³-hybridized carbons (Fsp3) is 0.500. The van der Waals surface area contributed by atoms with Gasteiger partial charge >= 0.3 is 5.97 Å². The molecule has 0 aromatic carbocycles. The smallest absolute Gasteiger partial charge is 0.332 e. The van der Waals surface area contributed by atoms with E-state index in [1.807, 2.05) is 0 Å². The molecular formula is C6H12O2S. The van der Waals surface area contributed by atoms with E-state index in [9.17, 15) is 4.79 Å². The molecule has 0 aliphatic rings. The molecule has 0 spiro atoms. The molecule has 0 aliphatic heterocycles. The van der Waals surface area contributed by atoms with Crippen molar-refractivity contribution in [3.8, 4) is 0 Å². The van der Waals surface area contributed by atoms with Crippen LogP contribution in [0.15, 0.2) is 12.2 Å². The highest BCUT2D eigenvalue weighted by Gasteiger charge is 1.95. The van der Waals surface area contributed by atoms with Gasteiger partial charge in [-0.1, -0.05) is 6.58 Å². The number of methoxy groups -OCH3 is 1. The number of carbonyl (C=O) groups excluding carboxylic acids is 1. The van der Waals surface area contributed by atoms with Gasteiger partial charge in [0.15, 0.2) is 0 Å². The molecule has 0 saturated heterocycles. The molecule has 0 amide bonds. The Balaban J connectivity index is 0. The summed E-state index contributed by atoms with van der Waals surface area (Å²) in [5.41, 5.74) is 0.433. The number of hydrogen-bond acceptors (Lipinski definition) is 3. The van der Waals surface area contributed by atoms with Gasteiger partial charge in [0.2, 0.25) is 0 Å². The molecule has 0 aromatic heterocycles. The Morgan fingerprint density at radius 2 is 1.89 bits per heavy atom. The Morgan fingerprint density at radius 3 is 1.89 bits per heavy atom. The zero-order chi connectivity index (χ0) is 7.86. The van der Waals surface area contributed by atoms with Gasteiger partial charge in [-0.05, 0) is 13.2 Å². The van der Waals surface area contributed by atoms with Crippen molar-refractivity contribution in [2.24, 2.45) is 0 Å². The quantitative estimate of drug-likeness (QED) is 0.344. The molecule has 0 rings (SSSR count). The van der Waals surface area contributed by atoms with Crippen LogP contribution >= 0.6 is 12.6 Å². The molecule has 54 valence electrons. The minimum Gasteiger partial charge on any atom is -0.466 e. The lowest BCUT2D eigenvalue weighted by Crippen LogP contribution is -1.98. The largest absolute Gasteiger partial charge is 0.466 e.